The van der Waals surface area contributed by atoms with E-state index in [1.165, 1.54) is 23.1 Å². The first-order chi connectivity index (χ1) is 9.29. The Morgan fingerprint density at radius 2 is 2.32 bits per heavy atom. The van der Waals surface area contributed by atoms with Crippen LogP contribution in [0.1, 0.15) is 0 Å². The second-order valence-corrected chi connectivity index (χ2v) is 6.02. The smallest absolute Gasteiger partial charge is 0.233 e. The van der Waals surface area contributed by atoms with Gasteiger partial charge >= 0.3 is 0 Å². The molecule has 2 heterocycles. The summed E-state index contributed by atoms with van der Waals surface area (Å²) in [6.07, 6.45) is 1.76. The first-order valence-electron chi connectivity index (χ1n) is 5.96. The SMILES string of the molecule is C=CCNc1nnc(SCC(=O)N2CCOCC2)s1. The van der Waals surface area contributed by atoms with E-state index in [0.29, 0.717) is 38.6 Å². The van der Waals surface area contributed by atoms with Crippen LogP contribution in [0, 0.1) is 0 Å². The molecule has 6 nitrogen and oxygen atoms in total. The van der Waals surface area contributed by atoms with E-state index in [1.54, 1.807) is 6.08 Å². The highest BCUT2D eigenvalue weighted by Crippen LogP contribution is 2.25. The molecule has 19 heavy (non-hydrogen) atoms. The lowest BCUT2D eigenvalue weighted by Gasteiger charge is -2.26. The molecule has 0 spiro atoms. The van der Waals surface area contributed by atoms with E-state index < -0.39 is 0 Å². The maximum atomic E-state index is 11.9. The van der Waals surface area contributed by atoms with Gasteiger partial charge < -0.3 is 15.0 Å². The van der Waals surface area contributed by atoms with Gasteiger partial charge in [-0.2, -0.15) is 0 Å². The number of nitrogens with one attached hydrogen (secondary N) is 1. The summed E-state index contributed by atoms with van der Waals surface area (Å²) in [7, 11) is 0. The molecule has 8 heteroatoms. The lowest BCUT2D eigenvalue weighted by molar-refractivity contribution is -0.132. The van der Waals surface area contributed by atoms with Crippen LogP contribution in [-0.4, -0.2) is 59.6 Å². The molecule has 1 aliphatic rings. The lowest BCUT2D eigenvalue weighted by atomic mass is 10.4. The number of carbonyl (C=O) groups excluding carboxylic acids is 1. The number of aromatic nitrogens is 2. The highest BCUT2D eigenvalue weighted by Gasteiger charge is 2.17. The second kappa shape index (κ2) is 7.46. The summed E-state index contributed by atoms with van der Waals surface area (Å²) in [4.78, 5) is 13.8. The van der Waals surface area contributed by atoms with Crippen molar-refractivity contribution in [2.45, 2.75) is 4.34 Å². The van der Waals surface area contributed by atoms with Crippen LogP contribution in [0.3, 0.4) is 0 Å². The molecular weight excluding hydrogens is 284 g/mol. The Bertz CT molecular complexity index is 432. The number of anilines is 1. The molecule has 0 atom stereocenters. The van der Waals surface area contributed by atoms with E-state index in [4.69, 9.17) is 4.74 Å². The molecule has 0 unspecified atom stereocenters. The standard InChI is InChI=1S/C11H16N4O2S2/c1-2-3-12-10-13-14-11(19-10)18-8-9(16)15-4-6-17-7-5-15/h2H,1,3-8H2,(H,12,13). The molecule has 1 aliphatic heterocycles. The number of thioether (sulfide) groups is 1. The van der Waals surface area contributed by atoms with Gasteiger partial charge in [0.2, 0.25) is 11.0 Å². The number of hydrogen-bond donors (Lipinski definition) is 1. The first kappa shape index (κ1) is 14.3. The van der Waals surface area contributed by atoms with Crippen LogP contribution in [-0.2, 0) is 9.53 Å². The average Bonchev–Trinajstić information content (AvgIpc) is 2.91. The minimum Gasteiger partial charge on any atom is -0.378 e. The van der Waals surface area contributed by atoms with Crippen molar-refractivity contribution in [3.8, 4) is 0 Å². The summed E-state index contributed by atoms with van der Waals surface area (Å²) >= 11 is 2.87. The molecule has 1 aromatic heterocycles. The topological polar surface area (TPSA) is 67.4 Å². The number of ether oxygens (including phenoxy) is 1. The molecular formula is C11H16N4O2S2. The molecule has 0 saturated carbocycles. The molecule has 0 radical (unpaired) electrons. The number of hydrogen-bond acceptors (Lipinski definition) is 7. The van der Waals surface area contributed by atoms with Crippen molar-refractivity contribution < 1.29 is 9.53 Å². The number of nitrogens with zero attached hydrogens (tertiary/aromatic N) is 3. The van der Waals surface area contributed by atoms with Crippen LogP contribution in [0.5, 0.6) is 0 Å². The van der Waals surface area contributed by atoms with Gasteiger partial charge in [-0.05, 0) is 0 Å². The first-order valence-corrected chi connectivity index (χ1v) is 7.76. The highest BCUT2D eigenvalue weighted by atomic mass is 32.2. The lowest BCUT2D eigenvalue weighted by Crippen LogP contribution is -2.41. The number of amides is 1. The van der Waals surface area contributed by atoms with Crippen LogP contribution < -0.4 is 5.32 Å². The Morgan fingerprint density at radius 3 is 3.05 bits per heavy atom. The van der Waals surface area contributed by atoms with Crippen molar-refractivity contribution in [2.75, 3.05) is 43.9 Å². The van der Waals surface area contributed by atoms with Gasteiger partial charge in [-0.25, -0.2) is 0 Å². The quantitative estimate of drug-likeness (QED) is 0.626. The fraction of sp³-hybridized carbons (Fsp3) is 0.545. The molecule has 1 aromatic rings. The van der Waals surface area contributed by atoms with Crippen molar-refractivity contribution in [1.29, 1.82) is 0 Å². The van der Waals surface area contributed by atoms with Crippen LogP contribution in [0.4, 0.5) is 5.13 Å². The fourth-order valence-electron chi connectivity index (χ4n) is 1.53. The molecule has 1 N–H and O–H groups in total. The molecule has 0 bridgehead atoms. The molecule has 104 valence electrons. The third kappa shape index (κ3) is 4.48. The molecule has 1 fully saturated rings. The van der Waals surface area contributed by atoms with E-state index in [-0.39, 0.29) is 5.91 Å². The highest BCUT2D eigenvalue weighted by molar-refractivity contribution is 8.01. The van der Waals surface area contributed by atoms with E-state index in [0.717, 1.165) is 9.47 Å². The maximum Gasteiger partial charge on any atom is 0.233 e. The van der Waals surface area contributed by atoms with Crippen LogP contribution in [0.25, 0.3) is 0 Å². The summed E-state index contributed by atoms with van der Waals surface area (Å²) in [6.45, 7) is 6.90. The van der Waals surface area contributed by atoms with Gasteiger partial charge in [0, 0.05) is 19.6 Å². The van der Waals surface area contributed by atoms with E-state index in [9.17, 15) is 4.79 Å². The summed E-state index contributed by atoms with van der Waals surface area (Å²) < 4.78 is 6.02. The van der Waals surface area contributed by atoms with Gasteiger partial charge in [-0.15, -0.1) is 16.8 Å². The minimum absolute atomic E-state index is 0.129. The fourth-order valence-corrected chi connectivity index (χ4v) is 3.19. The number of carbonyl (C=O) groups is 1. The third-order valence-corrected chi connectivity index (χ3v) is 4.49. The maximum absolute atomic E-state index is 11.9. The van der Waals surface area contributed by atoms with Gasteiger partial charge in [0.1, 0.15) is 0 Å². The Morgan fingerprint density at radius 1 is 1.53 bits per heavy atom. The van der Waals surface area contributed by atoms with Crippen LogP contribution in [0.2, 0.25) is 0 Å². The predicted molar refractivity (Wildman–Crippen MR) is 76.7 cm³/mol. The Labute approximate surface area is 120 Å². The Kier molecular flexibility index (Phi) is 5.62. The molecule has 1 amide bonds. The van der Waals surface area contributed by atoms with Gasteiger partial charge in [-0.1, -0.05) is 29.2 Å². The second-order valence-electron chi connectivity index (χ2n) is 3.82. The van der Waals surface area contributed by atoms with E-state index in [1.807, 2.05) is 4.90 Å². The summed E-state index contributed by atoms with van der Waals surface area (Å²) in [5.41, 5.74) is 0. The monoisotopic (exact) mass is 300 g/mol. The van der Waals surface area contributed by atoms with Gasteiger partial charge in [0.15, 0.2) is 4.34 Å². The largest absolute Gasteiger partial charge is 0.378 e. The van der Waals surface area contributed by atoms with Crippen molar-refractivity contribution >= 4 is 34.1 Å². The van der Waals surface area contributed by atoms with Crippen LogP contribution in [0.15, 0.2) is 17.0 Å². The number of morpholine rings is 1. The Balaban J connectivity index is 1.76. The minimum atomic E-state index is 0.129. The van der Waals surface area contributed by atoms with E-state index >= 15 is 0 Å². The zero-order valence-electron chi connectivity index (χ0n) is 10.5. The van der Waals surface area contributed by atoms with Crippen molar-refractivity contribution in [3.63, 3.8) is 0 Å². The molecule has 2 rings (SSSR count). The summed E-state index contributed by atoms with van der Waals surface area (Å²) in [6, 6.07) is 0. The zero-order chi connectivity index (χ0) is 13.5. The van der Waals surface area contributed by atoms with Gasteiger partial charge in [0.05, 0.1) is 19.0 Å². The average molecular weight is 300 g/mol. The normalized spacial score (nSPS) is 15.3. The van der Waals surface area contributed by atoms with Crippen LogP contribution >= 0.6 is 23.1 Å². The molecule has 1 saturated heterocycles. The molecule has 0 aliphatic carbocycles. The van der Waals surface area contributed by atoms with Crippen molar-refractivity contribution in [2.24, 2.45) is 0 Å². The van der Waals surface area contributed by atoms with E-state index in [2.05, 4.69) is 22.1 Å². The predicted octanol–water partition coefficient (Wildman–Crippen LogP) is 1.09. The third-order valence-electron chi connectivity index (χ3n) is 2.49. The number of rotatable bonds is 6. The van der Waals surface area contributed by atoms with Crippen molar-refractivity contribution in [3.05, 3.63) is 12.7 Å². The Hall–Kier alpha value is -1.12. The van der Waals surface area contributed by atoms with Gasteiger partial charge in [-0.3, -0.25) is 4.79 Å². The van der Waals surface area contributed by atoms with Crippen molar-refractivity contribution in [1.82, 2.24) is 15.1 Å². The molecule has 0 aromatic carbocycles. The summed E-state index contributed by atoms with van der Waals surface area (Å²) in [5.74, 6) is 0.528. The zero-order valence-corrected chi connectivity index (χ0v) is 12.1. The summed E-state index contributed by atoms with van der Waals surface area (Å²) in [5, 5.41) is 11.8. The van der Waals surface area contributed by atoms with Gasteiger partial charge in [0.25, 0.3) is 0 Å².